The molecule has 22 heavy (non-hydrogen) atoms. The van der Waals surface area contributed by atoms with E-state index in [1.165, 1.54) is 21.3 Å². The van der Waals surface area contributed by atoms with Crippen molar-refractivity contribution >= 4 is 21.6 Å². The topological polar surface area (TPSA) is 101 Å². The van der Waals surface area contributed by atoms with Crippen molar-refractivity contribution in [1.82, 2.24) is 9.21 Å². The maximum atomic E-state index is 12.6. The van der Waals surface area contributed by atoms with Crippen molar-refractivity contribution in [3.8, 4) is 0 Å². The normalized spacial score (nSPS) is 19.1. The Morgan fingerprint density at radius 1 is 1.32 bits per heavy atom. The van der Waals surface area contributed by atoms with Crippen molar-refractivity contribution in [3.63, 3.8) is 0 Å². The Kier molecular flexibility index (Phi) is 4.47. The fourth-order valence-corrected chi connectivity index (χ4v) is 4.10. The molecule has 120 valence electrons. The zero-order valence-electron chi connectivity index (χ0n) is 12.3. The summed E-state index contributed by atoms with van der Waals surface area (Å²) in [5, 5.41) is 10.6. The lowest BCUT2D eigenvalue weighted by Gasteiger charge is -2.25. The van der Waals surface area contributed by atoms with E-state index in [4.69, 9.17) is 0 Å². The third-order valence-electron chi connectivity index (χ3n) is 3.58. The number of hydrogen-bond acceptors (Lipinski definition) is 5. The Morgan fingerprint density at radius 2 is 1.91 bits per heavy atom. The molecule has 1 aromatic rings. The van der Waals surface area contributed by atoms with Crippen molar-refractivity contribution in [2.75, 3.05) is 20.6 Å². The average molecular weight is 327 g/mol. The standard InChI is InChI=1S/C13H17N3O5S/c1-14(2)13(17)12-4-3-9-15(12)22(20,21)11-7-5-10(6-8-11)16(18)19/h5-8,12H,3-4,9H2,1-2H3/t12-/m0/s1. The first-order valence-electron chi connectivity index (χ1n) is 6.72. The van der Waals surface area contributed by atoms with Crippen LogP contribution in [0.25, 0.3) is 0 Å². The number of sulfonamides is 1. The van der Waals surface area contributed by atoms with Crippen LogP contribution in [0.5, 0.6) is 0 Å². The Labute approximate surface area is 128 Å². The van der Waals surface area contributed by atoms with E-state index in [-0.39, 0.29) is 23.0 Å². The second kappa shape index (κ2) is 6.01. The van der Waals surface area contributed by atoms with Gasteiger partial charge in [-0.3, -0.25) is 14.9 Å². The van der Waals surface area contributed by atoms with Crippen LogP contribution in [0.1, 0.15) is 12.8 Å². The highest BCUT2D eigenvalue weighted by Crippen LogP contribution is 2.27. The van der Waals surface area contributed by atoms with Gasteiger partial charge in [0.15, 0.2) is 0 Å². The maximum Gasteiger partial charge on any atom is 0.269 e. The summed E-state index contributed by atoms with van der Waals surface area (Å²) in [4.78, 5) is 23.5. The van der Waals surface area contributed by atoms with Gasteiger partial charge in [-0.15, -0.1) is 0 Å². The third-order valence-corrected chi connectivity index (χ3v) is 5.51. The summed E-state index contributed by atoms with van der Waals surface area (Å²) in [6.45, 7) is 0.267. The van der Waals surface area contributed by atoms with Gasteiger partial charge in [0.2, 0.25) is 15.9 Å². The van der Waals surface area contributed by atoms with Crippen molar-refractivity contribution in [2.45, 2.75) is 23.8 Å². The molecule has 0 unspecified atom stereocenters. The number of nitro groups is 1. The van der Waals surface area contributed by atoms with Gasteiger partial charge >= 0.3 is 0 Å². The van der Waals surface area contributed by atoms with Gasteiger partial charge in [-0.2, -0.15) is 4.31 Å². The van der Waals surface area contributed by atoms with Crippen molar-refractivity contribution in [2.24, 2.45) is 0 Å². The first-order valence-corrected chi connectivity index (χ1v) is 8.16. The van der Waals surface area contributed by atoms with Gasteiger partial charge in [0, 0.05) is 32.8 Å². The molecule has 8 nitrogen and oxygen atoms in total. The van der Waals surface area contributed by atoms with E-state index >= 15 is 0 Å². The zero-order valence-corrected chi connectivity index (χ0v) is 13.1. The molecule has 1 amide bonds. The Bertz CT molecular complexity index is 684. The van der Waals surface area contributed by atoms with E-state index in [9.17, 15) is 23.3 Å². The van der Waals surface area contributed by atoms with Crippen molar-refractivity contribution < 1.29 is 18.1 Å². The van der Waals surface area contributed by atoms with Crippen molar-refractivity contribution in [1.29, 1.82) is 0 Å². The monoisotopic (exact) mass is 327 g/mol. The largest absolute Gasteiger partial charge is 0.347 e. The van der Waals surface area contributed by atoms with E-state index in [2.05, 4.69) is 0 Å². The van der Waals surface area contributed by atoms with Gasteiger partial charge in [-0.25, -0.2) is 8.42 Å². The second-order valence-electron chi connectivity index (χ2n) is 5.26. The lowest BCUT2D eigenvalue weighted by molar-refractivity contribution is -0.384. The fourth-order valence-electron chi connectivity index (χ4n) is 2.45. The number of non-ortho nitro benzene ring substituents is 1. The van der Waals surface area contributed by atoms with E-state index in [1.54, 1.807) is 14.1 Å². The summed E-state index contributed by atoms with van der Waals surface area (Å²) < 4.78 is 26.5. The van der Waals surface area contributed by atoms with Gasteiger partial charge in [-0.1, -0.05) is 0 Å². The number of benzene rings is 1. The highest BCUT2D eigenvalue weighted by atomic mass is 32.2. The molecule has 1 saturated heterocycles. The molecule has 0 radical (unpaired) electrons. The fraction of sp³-hybridized carbons (Fsp3) is 0.462. The third kappa shape index (κ3) is 2.95. The summed E-state index contributed by atoms with van der Waals surface area (Å²) >= 11 is 0. The van der Waals surface area contributed by atoms with Crippen LogP contribution in [0.2, 0.25) is 0 Å². The molecule has 1 aromatic carbocycles. The smallest absolute Gasteiger partial charge is 0.269 e. The minimum atomic E-state index is -3.85. The number of hydrogen-bond donors (Lipinski definition) is 0. The highest BCUT2D eigenvalue weighted by Gasteiger charge is 2.40. The molecule has 2 rings (SSSR count). The zero-order chi connectivity index (χ0) is 16.5. The number of nitro benzene ring substituents is 1. The Balaban J connectivity index is 2.33. The quantitative estimate of drug-likeness (QED) is 0.602. The SMILES string of the molecule is CN(C)C(=O)[C@@H]1CCCN1S(=O)(=O)c1ccc([N+](=O)[O-])cc1. The highest BCUT2D eigenvalue weighted by molar-refractivity contribution is 7.89. The molecular formula is C13H17N3O5S. The van der Waals surface area contributed by atoms with Crippen LogP contribution in [-0.4, -0.2) is 55.1 Å². The van der Waals surface area contributed by atoms with Gasteiger partial charge in [0.25, 0.3) is 5.69 Å². The second-order valence-corrected chi connectivity index (χ2v) is 7.15. The van der Waals surface area contributed by atoms with Crippen LogP contribution in [-0.2, 0) is 14.8 Å². The van der Waals surface area contributed by atoms with Crippen LogP contribution < -0.4 is 0 Å². The van der Waals surface area contributed by atoms with Gasteiger partial charge in [0.1, 0.15) is 6.04 Å². The predicted octanol–water partition coefficient (Wildman–Crippen LogP) is 0.836. The van der Waals surface area contributed by atoms with Crippen LogP contribution in [0.4, 0.5) is 5.69 Å². The van der Waals surface area contributed by atoms with Gasteiger partial charge in [-0.05, 0) is 25.0 Å². The number of carbonyl (C=O) groups is 1. The lowest BCUT2D eigenvalue weighted by atomic mass is 10.2. The molecule has 0 spiro atoms. The number of nitrogens with zero attached hydrogens (tertiary/aromatic N) is 3. The molecule has 0 aliphatic carbocycles. The van der Waals surface area contributed by atoms with Crippen LogP contribution in [0, 0.1) is 10.1 Å². The molecule has 1 aliphatic rings. The summed E-state index contributed by atoms with van der Waals surface area (Å²) in [5.74, 6) is -0.261. The first kappa shape index (κ1) is 16.4. The van der Waals surface area contributed by atoms with Crippen LogP contribution >= 0.6 is 0 Å². The van der Waals surface area contributed by atoms with Crippen LogP contribution in [0.15, 0.2) is 29.2 Å². The van der Waals surface area contributed by atoms with Gasteiger partial charge in [0.05, 0.1) is 9.82 Å². The molecule has 0 bridgehead atoms. The van der Waals surface area contributed by atoms with Gasteiger partial charge < -0.3 is 4.90 Å². The molecular weight excluding hydrogens is 310 g/mol. The molecule has 9 heteroatoms. The number of likely N-dealkylation sites (N-methyl/N-ethyl adjacent to an activating group) is 1. The molecule has 1 atom stereocenters. The number of carbonyl (C=O) groups excluding carboxylic acids is 1. The van der Waals surface area contributed by atoms with E-state index < -0.39 is 21.0 Å². The molecule has 1 heterocycles. The molecule has 0 aromatic heterocycles. The van der Waals surface area contributed by atoms with E-state index in [1.807, 2.05) is 0 Å². The van der Waals surface area contributed by atoms with Crippen molar-refractivity contribution in [3.05, 3.63) is 34.4 Å². The van der Waals surface area contributed by atoms with Crippen LogP contribution in [0.3, 0.4) is 0 Å². The predicted molar refractivity (Wildman–Crippen MR) is 78.7 cm³/mol. The molecule has 1 fully saturated rings. The van der Waals surface area contributed by atoms with E-state index in [0.29, 0.717) is 12.8 Å². The van der Waals surface area contributed by atoms with E-state index in [0.717, 1.165) is 12.1 Å². The summed E-state index contributed by atoms with van der Waals surface area (Å²) in [6.07, 6.45) is 1.08. The first-order chi connectivity index (χ1) is 10.2. The Morgan fingerprint density at radius 3 is 2.41 bits per heavy atom. The summed E-state index contributed by atoms with van der Waals surface area (Å²) in [6, 6.07) is 3.97. The minimum absolute atomic E-state index is 0.0449. The Hall–Kier alpha value is -2.00. The lowest BCUT2D eigenvalue weighted by Crippen LogP contribution is -2.45. The molecule has 1 aliphatic heterocycles. The minimum Gasteiger partial charge on any atom is -0.347 e. The average Bonchev–Trinajstić information content (AvgIpc) is 2.96. The molecule has 0 N–H and O–H groups in total. The number of rotatable bonds is 4. The maximum absolute atomic E-state index is 12.6. The summed E-state index contributed by atoms with van der Waals surface area (Å²) in [7, 11) is -0.684. The molecule has 0 saturated carbocycles. The summed E-state index contributed by atoms with van der Waals surface area (Å²) in [5.41, 5.74) is -0.179. The number of amides is 1.